The van der Waals surface area contributed by atoms with Crippen molar-refractivity contribution in [3.8, 4) is 84.4 Å². The van der Waals surface area contributed by atoms with Crippen molar-refractivity contribution in [1.82, 2.24) is 19.5 Å². The van der Waals surface area contributed by atoms with E-state index in [1.54, 1.807) is 0 Å². The second kappa shape index (κ2) is 15.0. The molecule has 0 saturated heterocycles. The molecular formula is C60H42N4. The van der Waals surface area contributed by atoms with Gasteiger partial charge in [0.05, 0.1) is 11.0 Å². The van der Waals surface area contributed by atoms with Crippen LogP contribution in [-0.2, 0) is 5.41 Å². The maximum atomic E-state index is 4.98. The summed E-state index contributed by atoms with van der Waals surface area (Å²) >= 11 is 0. The second-order valence-electron chi connectivity index (χ2n) is 17.3. The van der Waals surface area contributed by atoms with Gasteiger partial charge in [-0.05, 0) is 92.0 Å². The number of nitrogens with zero attached hydrogens (tertiary/aromatic N) is 4. The first-order chi connectivity index (χ1) is 31.5. The van der Waals surface area contributed by atoms with E-state index in [9.17, 15) is 0 Å². The zero-order valence-electron chi connectivity index (χ0n) is 35.6. The molecule has 1 aliphatic rings. The van der Waals surface area contributed by atoms with Crippen LogP contribution in [0, 0.1) is 0 Å². The molecule has 0 aliphatic heterocycles. The fourth-order valence-electron chi connectivity index (χ4n) is 9.76. The van der Waals surface area contributed by atoms with Gasteiger partial charge in [-0.2, -0.15) is 0 Å². The van der Waals surface area contributed by atoms with Crippen LogP contribution in [-0.4, -0.2) is 19.5 Å². The van der Waals surface area contributed by atoms with Crippen molar-refractivity contribution in [3.63, 3.8) is 0 Å². The Hall–Kier alpha value is -8.21. The zero-order chi connectivity index (χ0) is 42.8. The van der Waals surface area contributed by atoms with Crippen LogP contribution in [0.1, 0.15) is 25.0 Å². The predicted molar refractivity (Wildman–Crippen MR) is 264 cm³/mol. The van der Waals surface area contributed by atoms with Crippen LogP contribution in [0.3, 0.4) is 0 Å². The number of benzene rings is 9. The van der Waals surface area contributed by atoms with Gasteiger partial charge >= 0.3 is 0 Å². The van der Waals surface area contributed by atoms with Gasteiger partial charge in [-0.25, -0.2) is 15.0 Å². The third-order valence-corrected chi connectivity index (χ3v) is 13.1. The Morgan fingerprint density at radius 2 is 0.781 bits per heavy atom. The van der Waals surface area contributed by atoms with Crippen LogP contribution in [0.15, 0.2) is 218 Å². The molecule has 0 fully saturated rings. The van der Waals surface area contributed by atoms with Gasteiger partial charge in [0.2, 0.25) is 0 Å². The lowest BCUT2D eigenvalue weighted by molar-refractivity contribution is 0.660. The molecule has 302 valence electrons. The number of hydrogen-bond acceptors (Lipinski definition) is 3. The first-order valence-electron chi connectivity index (χ1n) is 21.9. The highest BCUT2D eigenvalue weighted by Gasteiger charge is 2.35. The van der Waals surface area contributed by atoms with Crippen LogP contribution < -0.4 is 0 Å². The molecule has 12 rings (SSSR count). The molecule has 4 nitrogen and oxygen atoms in total. The largest absolute Gasteiger partial charge is 0.309 e. The fraction of sp³-hybridized carbons (Fsp3) is 0.0500. The molecule has 64 heavy (non-hydrogen) atoms. The van der Waals surface area contributed by atoms with E-state index in [-0.39, 0.29) is 5.41 Å². The summed E-state index contributed by atoms with van der Waals surface area (Å²) in [4.78, 5) is 14.8. The highest BCUT2D eigenvalue weighted by Crippen LogP contribution is 2.50. The van der Waals surface area contributed by atoms with Gasteiger partial charge in [0, 0.05) is 38.6 Å². The summed E-state index contributed by atoms with van der Waals surface area (Å²) in [6.07, 6.45) is 0. The van der Waals surface area contributed by atoms with E-state index in [1.165, 1.54) is 60.8 Å². The summed E-state index contributed by atoms with van der Waals surface area (Å²) < 4.78 is 2.43. The Morgan fingerprint density at radius 1 is 0.312 bits per heavy atom. The van der Waals surface area contributed by atoms with Gasteiger partial charge in [0.25, 0.3) is 0 Å². The van der Waals surface area contributed by atoms with Crippen molar-refractivity contribution in [2.45, 2.75) is 19.3 Å². The van der Waals surface area contributed by atoms with Crippen LogP contribution in [0.5, 0.6) is 0 Å². The van der Waals surface area contributed by atoms with Crippen molar-refractivity contribution in [3.05, 3.63) is 230 Å². The Bertz CT molecular complexity index is 3490. The van der Waals surface area contributed by atoms with Crippen molar-refractivity contribution < 1.29 is 0 Å². The smallest absolute Gasteiger partial charge is 0.164 e. The molecule has 0 bridgehead atoms. The van der Waals surface area contributed by atoms with Crippen molar-refractivity contribution in [1.29, 1.82) is 0 Å². The lowest BCUT2D eigenvalue weighted by atomic mass is 9.82. The van der Waals surface area contributed by atoms with Crippen LogP contribution in [0.25, 0.3) is 106 Å². The SMILES string of the molecule is CC1(C)c2ccccc2-c2cc(-c3ccc4c(c3)c3ccc(-c5ccc(-c6nc(-c7ccccc7)nc(-c7ccccc7)n6)cc5)cc3n4-c3cccc(-c4ccccc4)c3)ccc21. The van der Waals surface area contributed by atoms with E-state index >= 15 is 0 Å². The Labute approximate surface area is 372 Å². The minimum absolute atomic E-state index is 0.0290. The number of rotatable bonds is 7. The summed E-state index contributed by atoms with van der Waals surface area (Å²) in [6.45, 7) is 4.68. The molecule has 2 aromatic heterocycles. The van der Waals surface area contributed by atoms with Crippen LogP contribution in [0.4, 0.5) is 0 Å². The lowest BCUT2D eigenvalue weighted by Crippen LogP contribution is -2.14. The van der Waals surface area contributed by atoms with Gasteiger partial charge < -0.3 is 4.57 Å². The molecule has 0 amide bonds. The van der Waals surface area contributed by atoms with E-state index in [0.717, 1.165) is 39.0 Å². The van der Waals surface area contributed by atoms with Crippen molar-refractivity contribution in [2.75, 3.05) is 0 Å². The van der Waals surface area contributed by atoms with Crippen molar-refractivity contribution >= 4 is 21.8 Å². The molecule has 4 heteroatoms. The Morgan fingerprint density at radius 3 is 1.47 bits per heavy atom. The van der Waals surface area contributed by atoms with Gasteiger partial charge in [0.1, 0.15) is 0 Å². The highest BCUT2D eigenvalue weighted by atomic mass is 15.0. The average Bonchev–Trinajstić information content (AvgIpc) is 3.81. The molecule has 0 spiro atoms. The maximum Gasteiger partial charge on any atom is 0.164 e. The molecule has 1 aliphatic carbocycles. The minimum Gasteiger partial charge on any atom is -0.309 e. The lowest BCUT2D eigenvalue weighted by Gasteiger charge is -2.21. The molecule has 0 atom stereocenters. The van der Waals surface area contributed by atoms with E-state index < -0.39 is 0 Å². The fourth-order valence-corrected chi connectivity index (χ4v) is 9.76. The van der Waals surface area contributed by atoms with Gasteiger partial charge in [-0.3, -0.25) is 0 Å². The van der Waals surface area contributed by atoms with Crippen LogP contribution in [0.2, 0.25) is 0 Å². The third kappa shape index (κ3) is 6.34. The normalized spacial score (nSPS) is 12.7. The van der Waals surface area contributed by atoms with E-state index in [1.807, 2.05) is 60.7 Å². The summed E-state index contributed by atoms with van der Waals surface area (Å²) in [5.74, 6) is 1.94. The van der Waals surface area contributed by atoms with Crippen molar-refractivity contribution in [2.24, 2.45) is 0 Å². The number of aromatic nitrogens is 4. The summed E-state index contributed by atoms with van der Waals surface area (Å²) in [7, 11) is 0. The molecule has 11 aromatic rings. The van der Waals surface area contributed by atoms with Crippen LogP contribution >= 0.6 is 0 Å². The van der Waals surface area contributed by atoms with Gasteiger partial charge in [0.15, 0.2) is 17.5 Å². The molecule has 0 saturated carbocycles. The van der Waals surface area contributed by atoms with Gasteiger partial charge in [-0.15, -0.1) is 0 Å². The molecule has 0 unspecified atom stereocenters. The Balaban J connectivity index is 0.979. The molecular weight excluding hydrogens is 777 g/mol. The van der Waals surface area contributed by atoms with Gasteiger partial charge in [-0.1, -0.05) is 196 Å². The minimum atomic E-state index is -0.0290. The van der Waals surface area contributed by atoms with E-state index in [2.05, 4.69) is 176 Å². The predicted octanol–water partition coefficient (Wildman–Crippen LogP) is 15.3. The first kappa shape index (κ1) is 37.5. The molecule has 0 N–H and O–H groups in total. The average molecular weight is 819 g/mol. The van der Waals surface area contributed by atoms with E-state index in [0.29, 0.717) is 17.5 Å². The zero-order valence-corrected chi connectivity index (χ0v) is 35.6. The number of hydrogen-bond donors (Lipinski definition) is 0. The topological polar surface area (TPSA) is 43.6 Å². The highest BCUT2D eigenvalue weighted by molar-refractivity contribution is 6.11. The second-order valence-corrected chi connectivity index (χ2v) is 17.3. The summed E-state index contributed by atoms with van der Waals surface area (Å²) in [5, 5.41) is 2.43. The summed E-state index contributed by atoms with van der Waals surface area (Å²) in [5.41, 5.74) is 18.7. The molecule has 2 heterocycles. The number of fused-ring (bicyclic) bond motifs is 6. The quantitative estimate of drug-likeness (QED) is 0.161. The monoisotopic (exact) mass is 818 g/mol. The third-order valence-electron chi connectivity index (χ3n) is 13.1. The summed E-state index contributed by atoms with van der Waals surface area (Å²) in [6, 6.07) is 78.2. The van der Waals surface area contributed by atoms with E-state index in [4.69, 9.17) is 15.0 Å². The standard InChI is InChI=1S/C60H42N4/c1-60(2)53-24-13-12-23-49(53)51-36-45(30-33-54(51)60)46-31-34-55-52(37-46)50-32-29-47(38-56(50)64(55)48-22-14-21-44(35-48)39-15-6-3-7-16-39)40-25-27-43(28-26-40)59-62-57(41-17-8-4-9-18-41)61-58(63-59)42-19-10-5-11-20-42/h3-38H,1-2H3. The Kier molecular flexibility index (Phi) is 8.80. The molecule has 0 radical (unpaired) electrons. The first-order valence-corrected chi connectivity index (χ1v) is 21.9. The molecule has 9 aromatic carbocycles. The maximum absolute atomic E-state index is 4.98.